The number of benzene rings is 3. The first-order valence-electron chi connectivity index (χ1n) is 9.08. The van der Waals surface area contributed by atoms with E-state index in [-0.39, 0.29) is 17.4 Å². The van der Waals surface area contributed by atoms with Gasteiger partial charge in [0.05, 0.1) is 4.90 Å². The Morgan fingerprint density at radius 2 is 1.45 bits per heavy atom. The zero-order valence-corrected chi connectivity index (χ0v) is 16.7. The molecule has 0 radical (unpaired) electrons. The highest BCUT2D eigenvalue weighted by Gasteiger charge is 2.15. The van der Waals surface area contributed by atoms with Crippen molar-refractivity contribution in [3.8, 4) is 0 Å². The summed E-state index contributed by atoms with van der Waals surface area (Å²) in [6, 6.07) is 19.9. The summed E-state index contributed by atoms with van der Waals surface area (Å²) in [5.74, 6) is -0.338. The molecule has 0 aliphatic carbocycles. The first-order valence-corrected chi connectivity index (χ1v) is 10.6. The summed E-state index contributed by atoms with van der Waals surface area (Å²) in [5, 5.41) is 11.7. The number of hydrogen-bond acceptors (Lipinski definition) is 4. The van der Waals surface area contributed by atoms with Crippen molar-refractivity contribution in [3.05, 3.63) is 89.5 Å². The van der Waals surface area contributed by atoms with Gasteiger partial charge in [-0.1, -0.05) is 29.8 Å². The monoisotopic (exact) mass is 410 g/mol. The van der Waals surface area contributed by atoms with Gasteiger partial charge in [0, 0.05) is 23.5 Å². The fourth-order valence-electron chi connectivity index (χ4n) is 2.71. The topological polar surface area (TPSA) is 95.5 Å². The summed E-state index contributed by atoms with van der Waals surface area (Å²) in [7, 11) is -3.74. The third kappa shape index (κ3) is 5.43. The molecule has 29 heavy (non-hydrogen) atoms. The number of sulfonamides is 1. The Hall–Kier alpha value is -3.16. The van der Waals surface area contributed by atoms with E-state index in [0.717, 1.165) is 11.1 Å². The lowest BCUT2D eigenvalue weighted by Crippen LogP contribution is -2.14. The summed E-state index contributed by atoms with van der Waals surface area (Å²) in [6.45, 7) is 1.99. The van der Waals surface area contributed by atoms with E-state index in [1.807, 2.05) is 31.2 Å². The maximum atomic E-state index is 12.5. The zero-order chi connectivity index (χ0) is 20.9. The van der Waals surface area contributed by atoms with Crippen LogP contribution in [0.25, 0.3) is 0 Å². The minimum atomic E-state index is -3.74. The largest absolute Gasteiger partial charge is 0.396 e. The standard InChI is InChI=1S/C22H22N2O4S/c1-16-2-8-20(9-3-16)24-29(27,28)21-12-6-18(7-13-21)22(26)23-19-10-4-17(5-11-19)14-15-25/h2-13,24-25H,14-15H2,1H3,(H,23,26). The molecule has 0 saturated heterocycles. The lowest BCUT2D eigenvalue weighted by atomic mass is 10.1. The third-order valence-corrected chi connectivity index (χ3v) is 5.74. The van der Waals surface area contributed by atoms with Gasteiger partial charge in [-0.25, -0.2) is 8.42 Å². The maximum absolute atomic E-state index is 12.5. The molecule has 3 aromatic rings. The Balaban J connectivity index is 1.68. The number of aliphatic hydroxyl groups excluding tert-OH is 1. The SMILES string of the molecule is Cc1ccc(NS(=O)(=O)c2ccc(C(=O)Nc3ccc(CCO)cc3)cc2)cc1. The number of hydrogen-bond donors (Lipinski definition) is 3. The van der Waals surface area contributed by atoms with Crippen LogP contribution in [0.3, 0.4) is 0 Å². The van der Waals surface area contributed by atoms with E-state index in [4.69, 9.17) is 5.11 Å². The molecule has 0 unspecified atom stereocenters. The Bertz CT molecular complexity index is 1080. The molecule has 7 heteroatoms. The minimum Gasteiger partial charge on any atom is -0.396 e. The predicted molar refractivity (Wildman–Crippen MR) is 114 cm³/mol. The van der Waals surface area contributed by atoms with Crippen molar-refractivity contribution in [3.63, 3.8) is 0 Å². The molecule has 0 spiro atoms. The Morgan fingerprint density at radius 3 is 2.03 bits per heavy atom. The van der Waals surface area contributed by atoms with Gasteiger partial charge in [-0.15, -0.1) is 0 Å². The number of rotatable bonds is 7. The van der Waals surface area contributed by atoms with Crippen molar-refractivity contribution < 1.29 is 18.3 Å². The van der Waals surface area contributed by atoms with E-state index in [0.29, 0.717) is 23.4 Å². The second-order valence-corrected chi connectivity index (χ2v) is 8.30. The predicted octanol–water partition coefficient (Wildman–Crippen LogP) is 3.58. The van der Waals surface area contributed by atoms with Crippen molar-refractivity contribution in [1.82, 2.24) is 0 Å². The summed E-state index contributed by atoms with van der Waals surface area (Å²) in [6.07, 6.45) is 0.556. The lowest BCUT2D eigenvalue weighted by molar-refractivity contribution is 0.102. The molecular formula is C22H22N2O4S. The van der Waals surface area contributed by atoms with Crippen molar-refractivity contribution in [2.24, 2.45) is 0 Å². The lowest BCUT2D eigenvalue weighted by Gasteiger charge is -2.10. The van der Waals surface area contributed by atoms with Crippen LogP contribution in [0.4, 0.5) is 11.4 Å². The van der Waals surface area contributed by atoms with Crippen LogP contribution in [0.2, 0.25) is 0 Å². The molecule has 3 N–H and O–H groups in total. The van der Waals surface area contributed by atoms with Gasteiger partial charge in [0.25, 0.3) is 15.9 Å². The van der Waals surface area contributed by atoms with Gasteiger partial charge in [-0.05, 0) is 67.4 Å². The van der Waals surface area contributed by atoms with E-state index in [1.165, 1.54) is 24.3 Å². The highest BCUT2D eigenvalue weighted by Crippen LogP contribution is 2.18. The van der Waals surface area contributed by atoms with Crippen LogP contribution in [0.5, 0.6) is 0 Å². The second kappa shape index (κ2) is 8.89. The third-order valence-electron chi connectivity index (χ3n) is 4.34. The number of nitrogens with one attached hydrogen (secondary N) is 2. The maximum Gasteiger partial charge on any atom is 0.261 e. The molecule has 0 heterocycles. The van der Waals surface area contributed by atoms with Gasteiger partial charge in [-0.3, -0.25) is 9.52 Å². The van der Waals surface area contributed by atoms with Crippen LogP contribution in [-0.2, 0) is 16.4 Å². The smallest absolute Gasteiger partial charge is 0.261 e. The molecule has 1 amide bonds. The van der Waals surface area contributed by atoms with Gasteiger partial charge in [0.1, 0.15) is 0 Å². The Morgan fingerprint density at radius 1 is 0.862 bits per heavy atom. The van der Waals surface area contributed by atoms with E-state index < -0.39 is 10.0 Å². The van der Waals surface area contributed by atoms with Gasteiger partial charge in [-0.2, -0.15) is 0 Å². The number of anilines is 2. The first kappa shape index (κ1) is 20.6. The quantitative estimate of drug-likeness (QED) is 0.555. The summed E-state index contributed by atoms with van der Waals surface area (Å²) < 4.78 is 27.5. The summed E-state index contributed by atoms with van der Waals surface area (Å²) in [5.41, 5.74) is 3.45. The van der Waals surface area contributed by atoms with Crippen molar-refractivity contribution in [2.75, 3.05) is 16.6 Å². The molecular weight excluding hydrogens is 388 g/mol. The van der Waals surface area contributed by atoms with Crippen LogP contribution in [0.1, 0.15) is 21.5 Å². The van der Waals surface area contributed by atoms with Gasteiger partial charge >= 0.3 is 0 Å². The molecule has 0 bridgehead atoms. The summed E-state index contributed by atoms with van der Waals surface area (Å²) >= 11 is 0. The van der Waals surface area contributed by atoms with Gasteiger partial charge in [0.15, 0.2) is 0 Å². The van der Waals surface area contributed by atoms with E-state index >= 15 is 0 Å². The highest BCUT2D eigenvalue weighted by molar-refractivity contribution is 7.92. The number of carbonyl (C=O) groups excluding carboxylic acids is 1. The summed E-state index contributed by atoms with van der Waals surface area (Å²) in [4.78, 5) is 12.5. The highest BCUT2D eigenvalue weighted by atomic mass is 32.2. The van der Waals surface area contributed by atoms with E-state index in [1.54, 1.807) is 24.3 Å². The van der Waals surface area contributed by atoms with Crippen LogP contribution >= 0.6 is 0 Å². The average Bonchev–Trinajstić information content (AvgIpc) is 2.71. The molecule has 6 nitrogen and oxygen atoms in total. The van der Waals surface area contributed by atoms with Crippen molar-refractivity contribution in [2.45, 2.75) is 18.2 Å². The second-order valence-electron chi connectivity index (χ2n) is 6.62. The van der Waals surface area contributed by atoms with Crippen LogP contribution in [0, 0.1) is 6.92 Å². The molecule has 0 aromatic heterocycles. The normalized spacial score (nSPS) is 11.1. The van der Waals surface area contributed by atoms with Crippen LogP contribution < -0.4 is 10.0 Å². The average molecular weight is 410 g/mol. The molecule has 0 saturated carbocycles. The molecule has 150 valence electrons. The molecule has 0 atom stereocenters. The minimum absolute atomic E-state index is 0.0692. The fraction of sp³-hybridized carbons (Fsp3) is 0.136. The van der Waals surface area contributed by atoms with Gasteiger partial charge < -0.3 is 10.4 Å². The van der Waals surface area contributed by atoms with Gasteiger partial charge in [0.2, 0.25) is 0 Å². The van der Waals surface area contributed by atoms with Crippen LogP contribution in [0.15, 0.2) is 77.7 Å². The fourth-order valence-corrected chi connectivity index (χ4v) is 3.77. The molecule has 3 rings (SSSR count). The number of aliphatic hydroxyl groups is 1. The Labute approximate surface area is 170 Å². The van der Waals surface area contributed by atoms with E-state index in [9.17, 15) is 13.2 Å². The molecule has 0 aliphatic rings. The Kier molecular flexibility index (Phi) is 6.31. The first-order chi connectivity index (χ1) is 13.9. The molecule has 3 aromatic carbocycles. The van der Waals surface area contributed by atoms with E-state index in [2.05, 4.69) is 10.0 Å². The van der Waals surface area contributed by atoms with Crippen molar-refractivity contribution >= 4 is 27.3 Å². The number of carbonyl (C=O) groups is 1. The number of aryl methyl sites for hydroxylation is 1. The van der Waals surface area contributed by atoms with Crippen molar-refractivity contribution in [1.29, 1.82) is 0 Å². The zero-order valence-electron chi connectivity index (χ0n) is 15.9. The van der Waals surface area contributed by atoms with Crippen LogP contribution in [-0.4, -0.2) is 26.0 Å². The number of amides is 1. The molecule has 0 fully saturated rings. The molecule has 0 aliphatic heterocycles.